The first kappa shape index (κ1) is 51.9. The lowest BCUT2D eigenvalue weighted by Gasteiger charge is -2.16. The van der Waals surface area contributed by atoms with Gasteiger partial charge < -0.3 is 50.9 Å². The fourth-order valence-corrected chi connectivity index (χ4v) is 8.30. The Morgan fingerprint density at radius 2 is 1.46 bits per heavy atom. The molecule has 3 aromatic heterocycles. The van der Waals surface area contributed by atoms with Gasteiger partial charge in [-0.1, -0.05) is 24.3 Å². The summed E-state index contributed by atoms with van der Waals surface area (Å²) in [7, 11) is -4.41. The molecule has 3 amide bonds. The smallest absolute Gasteiger partial charge is 0.345 e. The maximum Gasteiger partial charge on any atom is 0.345 e. The standard InChI is InChI=1S/C49H52N10O12S/c1-29-24-32(25-30(2)42(29)71-48(65)40-35-8-3-5-10-38(35)59(18-7-23-72(66,67)68)39-11-6-4-9-36(39)40)44(61)51-16-19-69-21-22-70-20-17-52-46(63)37(28-60)56-45(62)31-12-14-33(15-13-31)53-26-34-27-54-43-41(55-34)47(64)58-49(50)57-43/h3-6,8-15,24-25,27,37,60H,7,16-23,26,28H2,1-2H3,(H7-,50,51,52,53,54,56,57,58,61,62,63,64,66,67,68). The number of nitrogens with two attached hydrogens (primary N) is 1. The van der Waals surface area contributed by atoms with Gasteiger partial charge in [-0.25, -0.2) is 23.2 Å². The number of ether oxygens (including phenoxy) is 3. The number of H-pyrrole nitrogens is 1. The Morgan fingerprint density at radius 1 is 0.833 bits per heavy atom. The number of hydrogen-bond donors (Lipinski definition) is 7. The van der Waals surface area contributed by atoms with Crippen molar-refractivity contribution >= 4 is 78.4 Å². The van der Waals surface area contributed by atoms with Gasteiger partial charge in [0.1, 0.15) is 11.8 Å². The average Bonchev–Trinajstić information content (AvgIpc) is 3.35. The summed E-state index contributed by atoms with van der Waals surface area (Å²) >= 11 is 0. The van der Waals surface area contributed by atoms with E-state index in [2.05, 4.69) is 41.2 Å². The van der Waals surface area contributed by atoms with Gasteiger partial charge in [-0.3, -0.25) is 24.2 Å². The summed E-state index contributed by atoms with van der Waals surface area (Å²) in [5.41, 5.74) is 9.69. The van der Waals surface area contributed by atoms with Gasteiger partial charge >= 0.3 is 5.97 Å². The zero-order valence-electron chi connectivity index (χ0n) is 39.2. The third-order valence-corrected chi connectivity index (χ3v) is 12.0. The average molecular weight is 1010 g/mol. The molecule has 0 saturated heterocycles. The van der Waals surface area contributed by atoms with Gasteiger partial charge in [-0.15, -0.1) is 0 Å². The Hall–Kier alpha value is -7.96. The van der Waals surface area contributed by atoms with Gasteiger partial charge in [-0.2, -0.15) is 9.55 Å². The largest absolute Gasteiger partial charge is 0.748 e. The third-order valence-electron chi connectivity index (χ3n) is 11.2. The van der Waals surface area contributed by atoms with Crippen LogP contribution in [0.2, 0.25) is 0 Å². The van der Waals surface area contributed by atoms with E-state index in [4.69, 9.17) is 19.9 Å². The maximum absolute atomic E-state index is 14.0. The second kappa shape index (κ2) is 23.8. The molecule has 1 atom stereocenters. The van der Waals surface area contributed by atoms with Gasteiger partial charge in [0, 0.05) is 54.2 Å². The minimum Gasteiger partial charge on any atom is -0.748 e. The highest BCUT2D eigenvalue weighted by atomic mass is 32.2. The summed E-state index contributed by atoms with van der Waals surface area (Å²) in [6, 6.07) is 22.8. The van der Waals surface area contributed by atoms with Gasteiger partial charge in [0.25, 0.3) is 17.4 Å². The summed E-state index contributed by atoms with van der Waals surface area (Å²) in [5, 5.41) is 22.0. The first-order valence-electron chi connectivity index (χ1n) is 22.7. The molecule has 0 aliphatic rings. The molecule has 376 valence electrons. The highest BCUT2D eigenvalue weighted by molar-refractivity contribution is 7.85. The molecule has 8 N–H and O–H groups in total. The maximum atomic E-state index is 14.0. The number of hydrogen-bond acceptors (Lipinski definition) is 17. The summed E-state index contributed by atoms with van der Waals surface area (Å²) in [6.07, 6.45) is 1.56. The molecular formula is C49H52N10O12S. The number of para-hydroxylation sites is 2. The van der Waals surface area contributed by atoms with Crippen molar-refractivity contribution in [2.45, 2.75) is 39.4 Å². The zero-order chi connectivity index (χ0) is 51.4. The van der Waals surface area contributed by atoms with E-state index >= 15 is 0 Å². The van der Waals surface area contributed by atoms with Gasteiger partial charge in [0.05, 0.1) is 77.9 Å². The lowest BCUT2D eigenvalue weighted by Crippen LogP contribution is -2.49. The lowest BCUT2D eigenvalue weighted by molar-refractivity contribution is -0.645. The Balaban J connectivity index is 0.797. The Bertz CT molecular complexity index is 3240. The Labute approximate surface area is 412 Å². The summed E-state index contributed by atoms with van der Waals surface area (Å²) < 4.78 is 53.0. The van der Waals surface area contributed by atoms with E-state index in [1.807, 2.05) is 16.7 Å². The summed E-state index contributed by atoms with van der Waals surface area (Å²) in [6.45, 7) is 4.29. The van der Waals surface area contributed by atoms with Crippen molar-refractivity contribution in [3.63, 3.8) is 0 Å². The number of rotatable bonds is 23. The molecular weight excluding hydrogens is 953 g/mol. The quantitative estimate of drug-likeness (QED) is 0.0120. The van der Waals surface area contributed by atoms with Crippen molar-refractivity contribution in [1.29, 1.82) is 0 Å². The number of fused-ring (bicyclic) bond motifs is 3. The predicted molar refractivity (Wildman–Crippen MR) is 263 cm³/mol. The minimum absolute atomic E-state index is 0.0498. The van der Waals surface area contributed by atoms with Crippen molar-refractivity contribution in [1.82, 2.24) is 35.9 Å². The van der Waals surface area contributed by atoms with E-state index in [-0.39, 0.29) is 87.6 Å². The number of aliphatic hydroxyl groups excluding tert-OH is 1. The molecule has 0 saturated carbocycles. The van der Waals surface area contributed by atoms with Crippen LogP contribution in [0.3, 0.4) is 0 Å². The number of aromatic amines is 1. The zero-order valence-corrected chi connectivity index (χ0v) is 40.0. The predicted octanol–water partition coefficient (Wildman–Crippen LogP) is 1.94. The fourth-order valence-electron chi connectivity index (χ4n) is 7.82. The van der Waals surface area contributed by atoms with Gasteiger partial charge in [-0.05, 0) is 73.5 Å². The molecule has 0 bridgehead atoms. The van der Waals surface area contributed by atoms with Crippen LogP contribution < -0.4 is 41.9 Å². The molecule has 0 fully saturated rings. The number of anilines is 2. The monoisotopic (exact) mass is 1000 g/mol. The number of nitrogens with one attached hydrogen (secondary N) is 5. The SMILES string of the molecule is Cc1cc(C(=O)NCCOCCOCCNC(=O)C(CO)NC(=O)c2ccc(NCc3cnc4nc(N)[nH]c(=O)c4n3)cc2)cc(C)c1OC(=O)c1c2ccccc2[n+](CCCS(=O)(=O)[O-])c2ccccc12. The van der Waals surface area contributed by atoms with E-state index in [1.54, 1.807) is 74.5 Å². The van der Waals surface area contributed by atoms with Crippen LogP contribution in [0.4, 0.5) is 11.6 Å². The number of nitrogen functional groups attached to an aromatic ring is 1. The van der Waals surface area contributed by atoms with Crippen molar-refractivity contribution in [2.75, 3.05) is 62.9 Å². The van der Waals surface area contributed by atoms with E-state index in [9.17, 15) is 42.0 Å². The van der Waals surface area contributed by atoms with Gasteiger partial charge in [0.15, 0.2) is 17.7 Å². The number of esters is 1. The normalized spacial score (nSPS) is 11.9. The Morgan fingerprint density at radius 3 is 2.08 bits per heavy atom. The number of aryl methyl sites for hydroxylation is 3. The first-order valence-corrected chi connectivity index (χ1v) is 24.3. The van der Waals surface area contributed by atoms with Crippen molar-refractivity contribution in [3.8, 4) is 5.75 Å². The number of nitrogens with zero attached hydrogens (tertiary/aromatic N) is 4. The number of carbonyl (C=O) groups is 4. The first-order chi connectivity index (χ1) is 34.6. The topological polar surface area (TPSA) is 323 Å². The van der Waals surface area contributed by atoms with Crippen molar-refractivity contribution in [3.05, 3.63) is 135 Å². The van der Waals surface area contributed by atoms with E-state index in [1.165, 1.54) is 18.3 Å². The van der Waals surface area contributed by atoms with Crippen LogP contribution in [-0.2, 0) is 37.5 Å². The summed E-state index contributed by atoms with van der Waals surface area (Å²) in [4.78, 5) is 79.5. The lowest BCUT2D eigenvalue weighted by atomic mass is 10.0. The van der Waals surface area contributed by atoms with Gasteiger partial charge in [0.2, 0.25) is 22.9 Å². The van der Waals surface area contributed by atoms with Crippen LogP contribution in [0.5, 0.6) is 5.75 Å². The molecule has 23 heteroatoms. The van der Waals surface area contributed by atoms with Crippen LogP contribution in [0.25, 0.3) is 33.0 Å². The van der Waals surface area contributed by atoms with Crippen LogP contribution in [0.15, 0.2) is 95.9 Å². The molecule has 3 heterocycles. The Kier molecular flexibility index (Phi) is 17.1. The molecule has 22 nitrogen and oxygen atoms in total. The second-order valence-corrected chi connectivity index (χ2v) is 17.9. The van der Waals surface area contributed by atoms with Crippen LogP contribution in [0.1, 0.15) is 54.3 Å². The van der Waals surface area contributed by atoms with Crippen LogP contribution in [0, 0.1) is 13.8 Å². The number of pyridine rings is 1. The van der Waals surface area contributed by atoms with Crippen molar-refractivity contribution in [2.24, 2.45) is 0 Å². The summed E-state index contributed by atoms with van der Waals surface area (Å²) in [5.74, 6) is -2.43. The molecule has 7 rings (SSSR count). The van der Waals surface area contributed by atoms with Crippen LogP contribution in [-0.4, -0.2) is 120 Å². The molecule has 0 spiro atoms. The number of aliphatic hydroxyl groups is 1. The van der Waals surface area contributed by atoms with E-state index < -0.39 is 51.9 Å². The van der Waals surface area contributed by atoms with Crippen molar-refractivity contribution < 1.29 is 56.0 Å². The fraction of sp³-hybridized carbons (Fsp3) is 0.286. The number of aromatic nitrogens is 5. The highest BCUT2D eigenvalue weighted by Crippen LogP contribution is 2.30. The second-order valence-electron chi connectivity index (χ2n) is 16.4. The molecule has 1 unspecified atom stereocenters. The molecule has 7 aromatic rings. The minimum atomic E-state index is -4.41. The number of amides is 3. The highest BCUT2D eigenvalue weighted by Gasteiger charge is 2.27. The van der Waals surface area contributed by atoms with E-state index in [0.717, 1.165) is 0 Å². The third kappa shape index (κ3) is 13.3. The number of benzene rings is 4. The molecule has 4 aromatic carbocycles. The molecule has 0 aliphatic heterocycles. The molecule has 0 aliphatic carbocycles. The van der Waals surface area contributed by atoms with Crippen LogP contribution >= 0.6 is 0 Å². The molecule has 0 radical (unpaired) electrons. The van der Waals surface area contributed by atoms with E-state index in [0.29, 0.717) is 61.2 Å². The number of carbonyl (C=O) groups excluding carboxylic acids is 4. The molecule has 72 heavy (non-hydrogen) atoms.